The van der Waals surface area contributed by atoms with E-state index >= 15 is 0 Å². The van der Waals surface area contributed by atoms with Gasteiger partial charge in [-0.25, -0.2) is 0 Å². The highest BCUT2D eigenvalue weighted by Gasteiger charge is 2.19. The van der Waals surface area contributed by atoms with Gasteiger partial charge in [0, 0.05) is 19.6 Å². The normalized spacial score (nSPS) is 12.9. The molecule has 1 unspecified atom stereocenters. The zero-order valence-corrected chi connectivity index (χ0v) is 11.9. The van der Waals surface area contributed by atoms with Gasteiger partial charge in [0.25, 0.3) is 0 Å². The third kappa shape index (κ3) is 6.15. The van der Waals surface area contributed by atoms with Crippen LogP contribution in [0.2, 0.25) is 0 Å². The molecule has 0 spiro atoms. The summed E-state index contributed by atoms with van der Waals surface area (Å²) in [6, 6.07) is 0. The molecule has 0 rings (SSSR count). The molecule has 0 heterocycles. The molecular formula is C11H23BrN2O. The van der Waals surface area contributed by atoms with Crippen LogP contribution in [0.5, 0.6) is 0 Å². The van der Waals surface area contributed by atoms with Gasteiger partial charge >= 0.3 is 0 Å². The van der Waals surface area contributed by atoms with Crippen molar-refractivity contribution in [3.05, 3.63) is 0 Å². The average Bonchev–Trinajstić information content (AvgIpc) is 2.21. The van der Waals surface area contributed by atoms with Crippen LogP contribution in [0.1, 0.15) is 26.7 Å². The molecule has 0 saturated carbocycles. The van der Waals surface area contributed by atoms with E-state index < -0.39 is 0 Å². The summed E-state index contributed by atoms with van der Waals surface area (Å²) in [7, 11) is 4.06. The first-order chi connectivity index (χ1) is 7.02. The second-order valence-electron chi connectivity index (χ2n) is 4.00. The Kier molecular flexibility index (Phi) is 8.06. The van der Waals surface area contributed by atoms with Gasteiger partial charge in [-0.1, -0.05) is 29.8 Å². The predicted octanol–water partition coefficient (Wildman–Crippen LogP) is 1.96. The van der Waals surface area contributed by atoms with Crippen LogP contribution in [0.25, 0.3) is 0 Å². The fourth-order valence-corrected chi connectivity index (χ4v) is 1.59. The van der Waals surface area contributed by atoms with Gasteiger partial charge in [0.05, 0.1) is 4.83 Å². The van der Waals surface area contributed by atoms with Crippen LogP contribution in [-0.4, -0.2) is 54.3 Å². The third-order valence-corrected chi connectivity index (χ3v) is 3.29. The third-order valence-electron chi connectivity index (χ3n) is 2.25. The molecule has 90 valence electrons. The number of amides is 1. The Morgan fingerprint density at radius 3 is 2.20 bits per heavy atom. The molecule has 3 nitrogen and oxygen atoms in total. The number of halogens is 1. The van der Waals surface area contributed by atoms with Crippen molar-refractivity contribution in [3.63, 3.8) is 0 Å². The van der Waals surface area contributed by atoms with E-state index in [1.807, 2.05) is 25.9 Å². The first-order valence-electron chi connectivity index (χ1n) is 5.60. The molecule has 0 aliphatic carbocycles. The molecular weight excluding hydrogens is 256 g/mol. The summed E-state index contributed by atoms with van der Waals surface area (Å²) in [4.78, 5) is 16.0. The van der Waals surface area contributed by atoms with Crippen LogP contribution in [0, 0.1) is 0 Å². The molecule has 1 atom stereocenters. The summed E-state index contributed by atoms with van der Waals surface area (Å²) in [6.45, 7) is 6.73. The summed E-state index contributed by atoms with van der Waals surface area (Å²) in [5.74, 6) is 0.223. The van der Waals surface area contributed by atoms with Crippen LogP contribution in [0.4, 0.5) is 0 Å². The smallest absolute Gasteiger partial charge is 0.236 e. The molecule has 0 saturated heterocycles. The fourth-order valence-electron chi connectivity index (χ4n) is 1.30. The number of hydrogen-bond acceptors (Lipinski definition) is 2. The van der Waals surface area contributed by atoms with Crippen LogP contribution < -0.4 is 0 Å². The van der Waals surface area contributed by atoms with E-state index in [9.17, 15) is 4.79 Å². The number of rotatable bonds is 7. The van der Waals surface area contributed by atoms with E-state index in [0.29, 0.717) is 0 Å². The standard InChI is InChI=1S/C11H23BrN2O/c1-5-7-14(9-8-13(3)4)11(15)10(12)6-2/h10H,5-9H2,1-4H3. The first kappa shape index (κ1) is 14.9. The van der Waals surface area contributed by atoms with Gasteiger partial charge in [-0.3, -0.25) is 4.79 Å². The molecule has 0 aliphatic rings. The maximum Gasteiger partial charge on any atom is 0.236 e. The predicted molar refractivity (Wildman–Crippen MR) is 68.4 cm³/mol. The van der Waals surface area contributed by atoms with Crippen molar-refractivity contribution >= 4 is 21.8 Å². The Hall–Kier alpha value is -0.0900. The molecule has 0 fully saturated rings. The Balaban J connectivity index is 4.18. The van der Waals surface area contributed by atoms with Gasteiger partial charge in [0.1, 0.15) is 0 Å². The van der Waals surface area contributed by atoms with E-state index in [-0.39, 0.29) is 10.7 Å². The lowest BCUT2D eigenvalue weighted by atomic mass is 10.2. The number of carbonyl (C=O) groups excluding carboxylic acids is 1. The van der Waals surface area contributed by atoms with Crippen molar-refractivity contribution in [2.45, 2.75) is 31.5 Å². The Bertz CT molecular complexity index is 185. The number of alkyl halides is 1. The highest BCUT2D eigenvalue weighted by atomic mass is 79.9. The monoisotopic (exact) mass is 278 g/mol. The topological polar surface area (TPSA) is 23.6 Å². The minimum absolute atomic E-state index is 0.0220. The maximum atomic E-state index is 11.9. The summed E-state index contributed by atoms with van der Waals surface area (Å²) < 4.78 is 0. The van der Waals surface area contributed by atoms with Gasteiger partial charge in [-0.2, -0.15) is 0 Å². The van der Waals surface area contributed by atoms with Gasteiger partial charge < -0.3 is 9.80 Å². The van der Waals surface area contributed by atoms with Crippen molar-refractivity contribution in [3.8, 4) is 0 Å². The molecule has 0 aliphatic heterocycles. The minimum atomic E-state index is -0.0220. The summed E-state index contributed by atoms with van der Waals surface area (Å²) >= 11 is 3.42. The molecule has 0 bridgehead atoms. The molecule has 0 aromatic carbocycles. The van der Waals surface area contributed by atoms with Crippen LogP contribution in [0.3, 0.4) is 0 Å². The maximum absolute atomic E-state index is 11.9. The van der Waals surface area contributed by atoms with E-state index in [2.05, 4.69) is 27.8 Å². The molecule has 4 heteroatoms. The lowest BCUT2D eigenvalue weighted by Crippen LogP contribution is -2.40. The van der Waals surface area contributed by atoms with Gasteiger partial charge in [-0.05, 0) is 26.9 Å². The number of carbonyl (C=O) groups is 1. The van der Waals surface area contributed by atoms with E-state index in [0.717, 1.165) is 32.5 Å². The minimum Gasteiger partial charge on any atom is -0.340 e. The molecule has 0 aromatic rings. The van der Waals surface area contributed by atoms with E-state index in [4.69, 9.17) is 0 Å². The molecule has 0 N–H and O–H groups in total. The quantitative estimate of drug-likeness (QED) is 0.665. The van der Waals surface area contributed by atoms with Crippen LogP contribution >= 0.6 is 15.9 Å². The number of likely N-dealkylation sites (N-methyl/N-ethyl adjacent to an activating group) is 1. The van der Waals surface area contributed by atoms with Gasteiger partial charge in [-0.15, -0.1) is 0 Å². The molecule has 15 heavy (non-hydrogen) atoms. The van der Waals surface area contributed by atoms with E-state index in [1.165, 1.54) is 0 Å². The van der Waals surface area contributed by atoms with Gasteiger partial charge in [0.15, 0.2) is 0 Å². The highest BCUT2D eigenvalue weighted by molar-refractivity contribution is 9.10. The Morgan fingerprint density at radius 1 is 1.20 bits per heavy atom. The SMILES string of the molecule is CCCN(CCN(C)C)C(=O)C(Br)CC. The van der Waals surface area contributed by atoms with Crippen molar-refractivity contribution < 1.29 is 4.79 Å². The summed E-state index contributed by atoms with van der Waals surface area (Å²) in [5, 5.41) is 0. The lowest BCUT2D eigenvalue weighted by Gasteiger charge is -2.25. The second-order valence-corrected chi connectivity index (χ2v) is 5.11. The second kappa shape index (κ2) is 8.11. The highest BCUT2D eigenvalue weighted by Crippen LogP contribution is 2.09. The van der Waals surface area contributed by atoms with Crippen molar-refractivity contribution in [1.82, 2.24) is 9.80 Å². The van der Waals surface area contributed by atoms with Crippen LogP contribution in [-0.2, 0) is 4.79 Å². The Labute approximate surface area is 102 Å². The van der Waals surface area contributed by atoms with Crippen LogP contribution in [0.15, 0.2) is 0 Å². The Morgan fingerprint density at radius 2 is 1.80 bits per heavy atom. The van der Waals surface area contributed by atoms with Crippen molar-refractivity contribution in [1.29, 1.82) is 0 Å². The van der Waals surface area contributed by atoms with E-state index in [1.54, 1.807) is 0 Å². The van der Waals surface area contributed by atoms with Crippen molar-refractivity contribution in [2.75, 3.05) is 33.7 Å². The molecule has 0 radical (unpaired) electrons. The summed E-state index contributed by atoms with van der Waals surface area (Å²) in [5.41, 5.74) is 0. The van der Waals surface area contributed by atoms with Gasteiger partial charge in [0.2, 0.25) is 5.91 Å². The fraction of sp³-hybridized carbons (Fsp3) is 0.909. The zero-order chi connectivity index (χ0) is 11.8. The van der Waals surface area contributed by atoms with Crippen molar-refractivity contribution in [2.24, 2.45) is 0 Å². The number of nitrogens with zero attached hydrogens (tertiary/aromatic N) is 2. The summed E-state index contributed by atoms with van der Waals surface area (Å²) in [6.07, 6.45) is 1.86. The largest absolute Gasteiger partial charge is 0.340 e. The molecule has 1 amide bonds. The lowest BCUT2D eigenvalue weighted by molar-refractivity contribution is -0.130. The average molecular weight is 279 g/mol. The zero-order valence-electron chi connectivity index (χ0n) is 10.3. The first-order valence-corrected chi connectivity index (χ1v) is 6.52. The molecule has 0 aromatic heterocycles. The number of hydrogen-bond donors (Lipinski definition) is 0.